The van der Waals surface area contributed by atoms with E-state index in [2.05, 4.69) is 25.2 Å². The molecule has 0 aromatic rings. The van der Waals surface area contributed by atoms with E-state index in [1.165, 1.54) is 38.5 Å². The van der Waals surface area contributed by atoms with Gasteiger partial charge < -0.3 is 19.5 Å². The summed E-state index contributed by atoms with van der Waals surface area (Å²) < 4.78 is 0.374. The Bertz CT molecular complexity index is 558. The van der Waals surface area contributed by atoms with Crippen LogP contribution in [0.4, 0.5) is 0 Å². The zero-order chi connectivity index (χ0) is 22.8. The number of carbonyl (C=O) groups excluding carboxylic acids is 2. The first-order valence-corrected chi connectivity index (χ1v) is 11.4. The number of aliphatic hydroxyl groups is 1. The van der Waals surface area contributed by atoms with Gasteiger partial charge in [-0.3, -0.25) is 4.79 Å². The number of rotatable bonds is 18. The van der Waals surface area contributed by atoms with Crippen molar-refractivity contribution in [2.45, 2.75) is 77.2 Å². The third-order valence-corrected chi connectivity index (χ3v) is 4.81. The Hall–Kier alpha value is -1.72. The smallest absolute Gasteiger partial charge is 0.144 e. The number of quaternary nitrogens is 1. The Morgan fingerprint density at radius 3 is 1.93 bits per heavy atom. The van der Waals surface area contributed by atoms with Gasteiger partial charge in [0.15, 0.2) is 0 Å². The fraction of sp³-hybridized carbons (Fsp3) is 0.680. The number of unbranched alkanes of at least 4 members (excludes halogenated alkanes) is 6. The van der Waals surface area contributed by atoms with Crippen LogP contribution < -0.4 is 5.11 Å². The molecule has 0 aromatic carbocycles. The number of aliphatic hydroxyl groups excluding tert-OH is 1. The number of nitrogens with zero attached hydrogens (tertiary/aromatic N) is 1. The van der Waals surface area contributed by atoms with Crippen molar-refractivity contribution >= 4 is 11.8 Å². The zero-order valence-electron chi connectivity index (χ0n) is 19.5. The molecule has 0 saturated heterocycles. The summed E-state index contributed by atoms with van der Waals surface area (Å²) in [5.74, 6) is -3.44. The fourth-order valence-corrected chi connectivity index (χ4v) is 3.24. The van der Waals surface area contributed by atoms with Crippen LogP contribution in [0, 0.1) is 5.92 Å². The topological polar surface area (TPSA) is 77.4 Å². The van der Waals surface area contributed by atoms with Gasteiger partial charge in [0.1, 0.15) is 18.4 Å². The summed E-state index contributed by atoms with van der Waals surface area (Å²) in [7, 11) is 5.50. The second kappa shape index (κ2) is 17.0. The average Bonchev–Trinajstić information content (AvgIpc) is 2.63. The monoisotopic (exact) mass is 421 g/mol. The lowest BCUT2D eigenvalue weighted by atomic mass is 9.93. The van der Waals surface area contributed by atoms with Crippen LogP contribution in [-0.2, 0) is 9.59 Å². The Labute approximate surface area is 183 Å². The molecule has 0 radical (unpaired) electrons. The molecule has 0 rings (SSSR count). The molecule has 5 heteroatoms. The van der Waals surface area contributed by atoms with Crippen molar-refractivity contribution in [1.82, 2.24) is 0 Å². The number of allylic oxidation sites excluding steroid dienone is 6. The minimum Gasteiger partial charge on any atom is -0.549 e. The van der Waals surface area contributed by atoms with Gasteiger partial charge in [-0.25, -0.2) is 0 Å². The van der Waals surface area contributed by atoms with Gasteiger partial charge in [0, 0.05) is 6.42 Å². The summed E-state index contributed by atoms with van der Waals surface area (Å²) in [5.41, 5.74) is 0. The number of ketones is 1. The predicted molar refractivity (Wildman–Crippen MR) is 122 cm³/mol. The molecule has 0 aromatic heterocycles. The van der Waals surface area contributed by atoms with Gasteiger partial charge in [-0.2, -0.15) is 0 Å². The molecule has 172 valence electrons. The highest BCUT2D eigenvalue weighted by molar-refractivity contribution is 5.98. The maximum Gasteiger partial charge on any atom is 0.144 e. The molecule has 1 N–H and O–H groups in total. The molecule has 2 atom stereocenters. The first kappa shape index (κ1) is 28.3. The number of Topliss-reactive ketones (excluding diaryl/α,β-unsaturated/α-hetero) is 1. The summed E-state index contributed by atoms with van der Waals surface area (Å²) in [4.78, 5) is 23.5. The van der Waals surface area contributed by atoms with Gasteiger partial charge in [-0.05, 0) is 38.5 Å². The molecule has 0 aliphatic rings. The first-order valence-electron chi connectivity index (χ1n) is 11.4. The van der Waals surface area contributed by atoms with E-state index < -0.39 is 23.8 Å². The Kier molecular flexibility index (Phi) is 16.0. The molecule has 30 heavy (non-hydrogen) atoms. The third kappa shape index (κ3) is 16.1. The number of likely N-dealkylation sites (N-methyl/N-ethyl adjacent to an activating group) is 1. The van der Waals surface area contributed by atoms with Crippen LogP contribution in [0.2, 0.25) is 0 Å². The quantitative estimate of drug-likeness (QED) is 0.121. The highest BCUT2D eigenvalue weighted by atomic mass is 16.4. The van der Waals surface area contributed by atoms with Crippen molar-refractivity contribution in [3.8, 4) is 0 Å². The van der Waals surface area contributed by atoms with Gasteiger partial charge in [0.05, 0.1) is 33.0 Å². The van der Waals surface area contributed by atoms with Crippen LogP contribution in [0.1, 0.15) is 71.1 Å². The number of carboxylic acids is 1. The van der Waals surface area contributed by atoms with E-state index in [0.717, 1.165) is 12.8 Å². The van der Waals surface area contributed by atoms with E-state index in [-0.39, 0.29) is 13.0 Å². The minimum atomic E-state index is -1.50. The van der Waals surface area contributed by atoms with Crippen LogP contribution in [0.5, 0.6) is 0 Å². The van der Waals surface area contributed by atoms with E-state index in [1.807, 2.05) is 39.4 Å². The van der Waals surface area contributed by atoms with Crippen LogP contribution >= 0.6 is 0 Å². The number of carbonyl (C=O) groups is 2. The third-order valence-electron chi connectivity index (χ3n) is 4.81. The summed E-state index contributed by atoms with van der Waals surface area (Å²) >= 11 is 0. The van der Waals surface area contributed by atoms with E-state index in [0.29, 0.717) is 10.9 Å². The zero-order valence-corrected chi connectivity index (χ0v) is 19.5. The standard InChI is InChI=1S/C25H43NO4/c1-5-6-7-8-9-10-11-12-13-14-15-16-17-18-19-20-22(27)24(25(29)30)23(28)21-26(2,3)4/h6-7,15-18,23-24,28H,5,8-14,19-21H2,1-4H3/b7-6+,16-15+,18-17+. The van der Waals surface area contributed by atoms with Gasteiger partial charge in [-0.1, -0.05) is 62.6 Å². The maximum absolute atomic E-state index is 12.2. The summed E-state index contributed by atoms with van der Waals surface area (Å²) in [6.45, 7) is 2.34. The summed E-state index contributed by atoms with van der Waals surface area (Å²) in [6.07, 6.45) is 21.3. The molecule has 0 aliphatic heterocycles. The van der Waals surface area contributed by atoms with Crippen LogP contribution in [-0.4, -0.2) is 55.1 Å². The van der Waals surface area contributed by atoms with E-state index in [9.17, 15) is 19.8 Å². The van der Waals surface area contributed by atoms with Gasteiger partial charge in [-0.15, -0.1) is 0 Å². The van der Waals surface area contributed by atoms with Crippen LogP contribution in [0.3, 0.4) is 0 Å². The Morgan fingerprint density at radius 2 is 1.40 bits per heavy atom. The summed E-state index contributed by atoms with van der Waals surface area (Å²) in [5, 5.41) is 21.4. The molecular formula is C25H43NO4. The number of hydrogen-bond donors (Lipinski definition) is 1. The normalized spacial score (nSPS) is 14.7. The molecular weight excluding hydrogens is 378 g/mol. The highest BCUT2D eigenvalue weighted by Gasteiger charge is 2.31. The van der Waals surface area contributed by atoms with Crippen molar-refractivity contribution in [1.29, 1.82) is 0 Å². The molecule has 0 fully saturated rings. The molecule has 0 amide bonds. The summed E-state index contributed by atoms with van der Waals surface area (Å²) in [6, 6.07) is 0. The number of hydrogen-bond acceptors (Lipinski definition) is 4. The van der Waals surface area contributed by atoms with Gasteiger partial charge in [0.25, 0.3) is 0 Å². The largest absolute Gasteiger partial charge is 0.549 e. The first-order chi connectivity index (χ1) is 14.2. The van der Waals surface area contributed by atoms with Crippen molar-refractivity contribution in [2.24, 2.45) is 5.92 Å². The van der Waals surface area contributed by atoms with Gasteiger partial charge >= 0.3 is 0 Å². The van der Waals surface area contributed by atoms with Crippen molar-refractivity contribution in [2.75, 3.05) is 27.7 Å². The van der Waals surface area contributed by atoms with Crippen LogP contribution in [0.25, 0.3) is 0 Å². The van der Waals surface area contributed by atoms with Crippen molar-refractivity contribution in [3.05, 3.63) is 36.5 Å². The second-order valence-electron chi connectivity index (χ2n) is 8.92. The molecule has 5 nitrogen and oxygen atoms in total. The van der Waals surface area contributed by atoms with E-state index in [1.54, 1.807) is 0 Å². The maximum atomic E-state index is 12.2. The number of carboxylic acid groups (broad SMARTS) is 1. The SMILES string of the molecule is CC/C=C/CCCCCCC/C=C/C=C/CCC(=O)C(C(=O)[O-])C(O)C[N+](C)(C)C. The Balaban J connectivity index is 3.97. The van der Waals surface area contributed by atoms with E-state index in [4.69, 9.17) is 0 Å². The Morgan fingerprint density at radius 1 is 0.867 bits per heavy atom. The molecule has 0 aliphatic carbocycles. The molecule has 0 spiro atoms. The lowest BCUT2D eigenvalue weighted by Crippen LogP contribution is -2.51. The minimum absolute atomic E-state index is 0.0879. The molecule has 0 saturated carbocycles. The second-order valence-corrected chi connectivity index (χ2v) is 8.92. The lowest BCUT2D eigenvalue weighted by Gasteiger charge is -2.30. The molecule has 0 bridgehead atoms. The highest BCUT2D eigenvalue weighted by Crippen LogP contribution is 2.12. The van der Waals surface area contributed by atoms with E-state index >= 15 is 0 Å². The van der Waals surface area contributed by atoms with Crippen molar-refractivity contribution in [3.63, 3.8) is 0 Å². The molecule has 0 heterocycles. The molecule has 2 unspecified atom stereocenters. The van der Waals surface area contributed by atoms with Crippen molar-refractivity contribution < 1.29 is 24.3 Å². The number of aliphatic carboxylic acids is 1. The lowest BCUT2D eigenvalue weighted by molar-refractivity contribution is -0.873. The van der Waals surface area contributed by atoms with Gasteiger partial charge in [0.2, 0.25) is 0 Å². The average molecular weight is 422 g/mol. The predicted octanol–water partition coefficient (Wildman–Crippen LogP) is 3.58. The fourth-order valence-electron chi connectivity index (χ4n) is 3.24. The van der Waals surface area contributed by atoms with Crippen LogP contribution in [0.15, 0.2) is 36.5 Å².